The van der Waals surface area contributed by atoms with Crippen LogP contribution in [0.15, 0.2) is 36.4 Å². The predicted octanol–water partition coefficient (Wildman–Crippen LogP) is 2.94. The van der Waals surface area contributed by atoms with Gasteiger partial charge in [-0.3, -0.25) is 4.79 Å². The van der Waals surface area contributed by atoms with Crippen molar-refractivity contribution >= 4 is 17.3 Å². The highest BCUT2D eigenvalue weighted by atomic mass is 19.2. The quantitative estimate of drug-likeness (QED) is 0.648. The third kappa shape index (κ3) is 2.67. The Morgan fingerprint density at radius 1 is 1.05 bits per heavy atom. The van der Waals surface area contributed by atoms with Crippen LogP contribution >= 0.6 is 0 Å². The Kier molecular flexibility index (Phi) is 3.41. The van der Waals surface area contributed by atoms with E-state index < -0.39 is 28.9 Å². The molecule has 2 rings (SSSR count). The first-order valence-corrected chi connectivity index (χ1v) is 5.29. The Hall–Kier alpha value is -2.50. The van der Waals surface area contributed by atoms with Crippen molar-refractivity contribution < 1.29 is 18.0 Å². The molecule has 6 heteroatoms. The van der Waals surface area contributed by atoms with E-state index in [2.05, 4.69) is 5.32 Å². The fourth-order valence-electron chi connectivity index (χ4n) is 1.52. The lowest BCUT2D eigenvalue weighted by Crippen LogP contribution is -2.15. The predicted molar refractivity (Wildman–Crippen MR) is 65.1 cm³/mol. The number of carbonyl (C=O) groups excluding carboxylic acids is 1. The van der Waals surface area contributed by atoms with Crippen molar-refractivity contribution in [2.45, 2.75) is 0 Å². The van der Waals surface area contributed by atoms with Crippen LogP contribution in [0.25, 0.3) is 0 Å². The van der Waals surface area contributed by atoms with E-state index in [-0.39, 0.29) is 0 Å². The van der Waals surface area contributed by atoms with Crippen molar-refractivity contribution in [3.05, 3.63) is 59.4 Å². The van der Waals surface area contributed by atoms with Gasteiger partial charge in [0.1, 0.15) is 0 Å². The number of hydrogen-bond donors (Lipinski definition) is 2. The molecule has 0 spiro atoms. The van der Waals surface area contributed by atoms with Gasteiger partial charge in [-0.25, -0.2) is 13.2 Å². The molecule has 0 unspecified atom stereocenters. The highest BCUT2D eigenvalue weighted by Gasteiger charge is 2.18. The van der Waals surface area contributed by atoms with Crippen molar-refractivity contribution in [1.82, 2.24) is 0 Å². The molecule has 0 fully saturated rings. The van der Waals surface area contributed by atoms with Gasteiger partial charge in [0, 0.05) is 11.4 Å². The first-order valence-electron chi connectivity index (χ1n) is 5.29. The SMILES string of the molecule is Nc1cccc(NC(=O)c2ccc(F)c(F)c2F)c1. The number of rotatable bonds is 2. The third-order valence-corrected chi connectivity index (χ3v) is 2.42. The first kappa shape index (κ1) is 12.9. The van der Waals surface area contributed by atoms with Crippen LogP contribution in [0.5, 0.6) is 0 Å². The molecule has 3 N–H and O–H groups in total. The largest absolute Gasteiger partial charge is 0.399 e. The zero-order valence-electron chi connectivity index (χ0n) is 9.58. The molecule has 0 aliphatic heterocycles. The molecule has 0 saturated heterocycles. The van der Waals surface area contributed by atoms with Gasteiger partial charge in [-0.1, -0.05) is 6.07 Å². The number of carbonyl (C=O) groups is 1. The average Bonchev–Trinajstić information content (AvgIpc) is 2.36. The van der Waals surface area contributed by atoms with Crippen LogP contribution in [0, 0.1) is 17.5 Å². The molecule has 0 heterocycles. The van der Waals surface area contributed by atoms with Crippen molar-refractivity contribution in [2.75, 3.05) is 11.1 Å². The summed E-state index contributed by atoms with van der Waals surface area (Å²) in [7, 11) is 0. The van der Waals surface area contributed by atoms with E-state index in [4.69, 9.17) is 5.73 Å². The van der Waals surface area contributed by atoms with Crippen LogP contribution in [0.2, 0.25) is 0 Å². The molecular weight excluding hydrogens is 257 g/mol. The molecule has 0 aliphatic rings. The number of benzene rings is 2. The summed E-state index contributed by atoms with van der Waals surface area (Å²) in [4.78, 5) is 11.7. The molecule has 98 valence electrons. The number of anilines is 2. The summed E-state index contributed by atoms with van der Waals surface area (Å²) in [5.74, 6) is -5.44. The summed E-state index contributed by atoms with van der Waals surface area (Å²) < 4.78 is 39.1. The van der Waals surface area contributed by atoms with E-state index in [0.29, 0.717) is 17.4 Å². The Morgan fingerprint density at radius 2 is 1.79 bits per heavy atom. The molecule has 0 aromatic heterocycles. The maximum Gasteiger partial charge on any atom is 0.258 e. The van der Waals surface area contributed by atoms with Gasteiger partial charge in [0.2, 0.25) is 0 Å². The Balaban J connectivity index is 2.28. The maximum atomic E-state index is 13.4. The summed E-state index contributed by atoms with van der Waals surface area (Å²) in [6.45, 7) is 0. The molecule has 3 nitrogen and oxygen atoms in total. The van der Waals surface area contributed by atoms with E-state index in [0.717, 1.165) is 6.07 Å². The molecule has 0 aliphatic carbocycles. The third-order valence-electron chi connectivity index (χ3n) is 2.42. The molecular formula is C13H9F3N2O. The van der Waals surface area contributed by atoms with Crippen LogP contribution in [-0.4, -0.2) is 5.91 Å². The Labute approximate surface area is 106 Å². The van der Waals surface area contributed by atoms with Gasteiger partial charge in [-0.2, -0.15) is 0 Å². The van der Waals surface area contributed by atoms with Crippen molar-refractivity contribution in [2.24, 2.45) is 0 Å². The molecule has 0 atom stereocenters. The van der Waals surface area contributed by atoms with Crippen molar-refractivity contribution in [3.63, 3.8) is 0 Å². The molecule has 2 aromatic rings. The Bertz CT molecular complexity index is 644. The number of nitrogens with two attached hydrogens (primary N) is 1. The second-order valence-electron chi connectivity index (χ2n) is 3.80. The normalized spacial score (nSPS) is 10.3. The van der Waals surface area contributed by atoms with Gasteiger partial charge < -0.3 is 11.1 Å². The lowest BCUT2D eigenvalue weighted by Gasteiger charge is -2.07. The summed E-state index contributed by atoms with van der Waals surface area (Å²) >= 11 is 0. The van der Waals surface area contributed by atoms with Gasteiger partial charge in [0.15, 0.2) is 17.5 Å². The number of halogens is 3. The minimum atomic E-state index is -1.68. The molecule has 0 saturated carbocycles. The molecule has 0 bridgehead atoms. The topological polar surface area (TPSA) is 55.1 Å². The highest BCUT2D eigenvalue weighted by Crippen LogP contribution is 2.18. The number of nitrogens with one attached hydrogen (secondary N) is 1. The van der Waals surface area contributed by atoms with E-state index >= 15 is 0 Å². The fourth-order valence-corrected chi connectivity index (χ4v) is 1.52. The van der Waals surface area contributed by atoms with Gasteiger partial charge in [0.25, 0.3) is 5.91 Å². The van der Waals surface area contributed by atoms with Crippen molar-refractivity contribution in [1.29, 1.82) is 0 Å². The summed E-state index contributed by atoms with van der Waals surface area (Å²) in [5, 5.41) is 2.34. The summed E-state index contributed by atoms with van der Waals surface area (Å²) in [6.07, 6.45) is 0. The van der Waals surface area contributed by atoms with Crippen LogP contribution < -0.4 is 11.1 Å². The van der Waals surface area contributed by atoms with Crippen LogP contribution in [0.4, 0.5) is 24.5 Å². The number of hydrogen-bond acceptors (Lipinski definition) is 2. The van der Waals surface area contributed by atoms with E-state index in [1.165, 1.54) is 12.1 Å². The summed E-state index contributed by atoms with van der Waals surface area (Å²) in [5.41, 5.74) is 5.66. The van der Waals surface area contributed by atoms with Crippen LogP contribution in [0.1, 0.15) is 10.4 Å². The standard InChI is InChI=1S/C13H9F3N2O/c14-10-5-4-9(11(15)12(10)16)13(19)18-8-3-1-2-7(17)6-8/h1-6H,17H2,(H,18,19). The zero-order chi connectivity index (χ0) is 14.0. The molecule has 1 amide bonds. The van der Waals surface area contributed by atoms with Gasteiger partial charge in [0.05, 0.1) is 5.56 Å². The Morgan fingerprint density at radius 3 is 2.47 bits per heavy atom. The smallest absolute Gasteiger partial charge is 0.258 e. The van der Waals surface area contributed by atoms with Crippen LogP contribution in [0.3, 0.4) is 0 Å². The van der Waals surface area contributed by atoms with Crippen LogP contribution in [-0.2, 0) is 0 Å². The lowest BCUT2D eigenvalue weighted by atomic mass is 10.1. The molecule has 0 radical (unpaired) electrons. The highest BCUT2D eigenvalue weighted by molar-refractivity contribution is 6.04. The monoisotopic (exact) mass is 266 g/mol. The summed E-state index contributed by atoms with van der Waals surface area (Å²) in [6, 6.07) is 7.74. The minimum Gasteiger partial charge on any atom is -0.399 e. The van der Waals surface area contributed by atoms with Crippen molar-refractivity contribution in [3.8, 4) is 0 Å². The minimum absolute atomic E-state index is 0.328. The molecule has 19 heavy (non-hydrogen) atoms. The first-order chi connectivity index (χ1) is 8.99. The zero-order valence-corrected chi connectivity index (χ0v) is 9.58. The fraction of sp³-hybridized carbons (Fsp3) is 0. The molecule has 2 aromatic carbocycles. The van der Waals surface area contributed by atoms with E-state index in [9.17, 15) is 18.0 Å². The number of amides is 1. The second kappa shape index (κ2) is 5.01. The van der Waals surface area contributed by atoms with E-state index in [1.54, 1.807) is 12.1 Å². The number of nitrogen functional groups attached to an aromatic ring is 1. The second-order valence-corrected chi connectivity index (χ2v) is 3.80. The van der Waals surface area contributed by atoms with Gasteiger partial charge in [-0.05, 0) is 30.3 Å². The average molecular weight is 266 g/mol. The van der Waals surface area contributed by atoms with E-state index in [1.807, 2.05) is 0 Å². The lowest BCUT2D eigenvalue weighted by molar-refractivity contribution is 0.102. The maximum absolute atomic E-state index is 13.4. The van der Waals surface area contributed by atoms with Gasteiger partial charge in [-0.15, -0.1) is 0 Å². The van der Waals surface area contributed by atoms with Gasteiger partial charge >= 0.3 is 0 Å².